The van der Waals surface area contributed by atoms with Crippen LogP contribution in [-0.2, 0) is 11.3 Å². The molecule has 9 heteroatoms. The summed E-state index contributed by atoms with van der Waals surface area (Å²) in [6, 6.07) is 9.65. The molecule has 25 heavy (non-hydrogen) atoms. The van der Waals surface area contributed by atoms with E-state index in [-0.39, 0.29) is 18.4 Å². The fourth-order valence-corrected chi connectivity index (χ4v) is 2.35. The molecule has 2 heterocycles. The summed E-state index contributed by atoms with van der Waals surface area (Å²) in [5, 5.41) is 3.02. The van der Waals surface area contributed by atoms with E-state index >= 15 is 0 Å². The van der Waals surface area contributed by atoms with Gasteiger partial charge in [-0.1, -0.05) is 12.1 Å². The Hall–Kier alpha value is -3.62. The number of rotatable bonds is 4. The maximum Gasteiger partial charge on any atom is 0.286 e. The number of aromatic amines is 2. The Labute approximate surface area is 140 Å². The summed E-state index contributed by atoms with van der Waals surface area (Å²) in [6.07, 6.45) is 1.48. The highest BCUT2D eigenvalue weighted by Crippen LogP contribution is 2.02. The Morgan fingerprint density at radius 2 is 1.76 bits per heavy atom. The van der Waals surface area contributed by atoms with Crippen LogP contribution in [0.2, 0.25) is 0 Å². The van der Waals surface area contributed by atoms with Gasteiger partial charge >= 0.3 is 0 Å². The second-order valence-electron chi connectivity index (χ2n) is 5.28. The molecule has 1 aromatic carbocycles. The molecule has 3 aromatic rings. The summed E-state index contributed by atoms with van der Waals surface area (Å²) in [6.45, 7) is -0.0247. The number of hydrogen-bond donors (Lipinski definition) is 4. The molecular weight excluding hydrogens is 326 g/mol. The number of fused-ring (bicyclic) bond motifs is 1. The molecule has 4 N–H and O–H groups in total. The minimum absolute atomic E-state index is 0.0247. The van der Waals surface area contributed by atoms with Crippen LogP contribution >= 0.6 is 0 Å². The number of hydrazine groups is 1. The molecule has 0 saturated carbocycles. The number of carbonyl (C=O) groups excluding carboxylic acids is 2. The lowest BCUT2D eigenvalue weighted by molar-refractivity contribution is -0.122. The molecule has 0 aliphatic heterocycles. The maximum atomic E-state index is 12.3. The minimum atomic E-state index is -0.499. The molecule has 0 saturated heterocycles. The van der Waals surface area contributed by atoms with Crippen LogP contribution in [0.25, 0.3) is 10.8 Å². The first kappa shape index (κ1) is 16.2. The standard InChI is InChI=1S/C16H15N5O4/c22-13(18-19-15(24)12-6-3-8-17-12)7-9-21-16(25)11-5-2-1-4-10(11)14(23)20-21/h1-6,8,17H,7,9H2,(H,18,22)(H,19,24)(H,20,23). The predicted octanol–water partition coefficient (Wildman–Crippen LogP) is -0.131. The Kier molecular flexibility index (Phi) is 4.46. The van der Waals surface area contributed by atoms with E-state index in [1.54, 1.807) is 42.6 Å². The van der Waals surface area contributed by atoms with Gasteiger partial charge in [-0.15, -0.1) is 0 Å². The first-order valence-corrected chi connectivity index (χ1v) is 7.50. The molecule has 2 aromatic heterocycles. The van der Waals surface area contributed by atoms with Crippen molar-refractivity contribution in [3.8, 4) is 0 Å². The zero-order chi connectivity index (χ0) is 17.8. The largest absolute Gasteiger partial charge is 0.357 e. The fraction of sp³-hybridized carbons (Fsp3) is 0.125. The van der Waals surface area contributed by atoms with Gasteiger partial charge in [0.2, 0.25) is 5.91 Å². The van der Waals surface area contributed by atoms with Gasteiger partial charge in [0.15, 0.2) is 0 Å². The fourth-order valence-electron chi connectivity index (χ4n) is 2.35. The predicted molar refractivity (Wildman–Crippen MR) is 89.8 cm³/mol. The highest BCUT2D eigenvalue weighted by atomic mass is 16.2. The first-order valence-electron chi connectivity index (χ1n) is 7.50. The van der Waals surface area contributed by atoms with Gasteiger partial charge in [-0.2, -0.15) is 0 Å². The number of carbonyl (C=O) groups is 2. The number of aromatic nitrogens is 3. The average Bonchev–Trinajstić information content (AvgIpc) is 3.16. The third kappa shape index (κ3) is 3.50. The summed E-state index contributed by atoms with van der Waals surface area (Å²) in [4.78, 5) is 50.4. The number of amides is 2. The van der Waals surface area contributed by atoms with Gasteiger partial charge in [-0.3, -0.25) is 35.1 Å². The van der Waals surface area contributed by atoms with Gasteiger partial charge in [-0.05, 0) is 24.3 Å². The van der Waals surface area contributed by atoms with Crippen molar-refractivity contribution in [1.29, 1.82) is 0 Å². The zero-order valence-electron chi connectivity index (χ0n) is 13.0. The third-order valence-corrected chi connectivity index (χ3v) is 3.60. The van der Waals surface area contributed by atoms with Crippen molar-refractivity contribution in [3.63, 3.8) is 0 Å². The zero-order valence-corrected chi connectivity index (χ0v) is 13.0. The van der Waals surface area contributed by atoms with Crippen molar-refractivity contribution in [2.75, 3.05) is 0 Å². The van der Waals surface area contributed by atoms with Crippen LogP contribution in [0.1, 0.15) is 16.9 Å². The quantitative estimate of drug-likeness (QED) is 0.493. The molecule has 0 aliphatic rings. The second kappa shape index (κ2) is 6.87. The van der Waals surface area contributed by atoms with Crippen molar-refractivity contribution >= 4 is 22.6 Å². The Morgan fingerprint density at radius 1 is 1.00 bits per heavy atom. The van der Waals surface area contributed by atoms with E-state index in [0.717, 1.165) is 4.68 Å². The van der Waals surface area contributed by atoms with Crippen LogP contribution < -0.4 is 22.0 Å². The van der Waals surface area contributed by atoms with Crippen molar-refractivity contribution < 1.29 is 9.59 Å². The second-order valence-corrected chi connectivity index (χ2v) is 5.28. The Morgan fingerprint density at radius 3 is 2.48 bits per heavy atom. The first-order chi connectivity index (χ1) is 12.1. The van der Waals surface area contributed by atoms with E-state index in [9.17, 15) is 19.2 Å². The molecule has 0 radical (unpaired) electrons. The number of nitrogens with zero attached hydrogens (tertiary/aromatic N) is 1. The molecule has 0 aliphatic carbocycles. The van der Waals surface area contributed by atoms with Crippen molar-refractivity contribution in [2.45, 2.75) is 13.0 Å². The van der Waals surface area contributed by atoms with Gasteiger partial charge in [0.25, 0.3) is 17.0 Å². The van der Waals surface area contributed by atoms with Crippen molar-refractivity contribution in [2.24, 2.45) is 0 Å². The summed E-state index contributed by atoms with van der Waals surface area (Å²) in [7, 11) is 0. The monoisotopic (exact) mass is 341 g/mol. The molecular formula is C16H15N5O4. The van der Waals surface area contributed by atoms with E-state index in [0.29, 0.717) is 11.1 Å². The summed E-state index contributed by atoms with van der Waals surface area (Å²) in [5.41, 5.74) is 4.00. The molecule has 0 bridgehead atoms. The van der Waals surface area contributed by atoms with Crippen LogP contribution in [0.5, 0.6) is 0 Å². The SMILES string of the molecule is O=C(CCn1[nH]c(=O)c2ccccc2c1=O)NNC(=O)c1ccc[nH]1. The summed E-state index contributed by atoms with van der Waals surface area (Å²) < 4.78 is 1.08. The van der Waals surface area contributed by atoms with Crippen LogP contribution in [0.15, 0.2) is 52.2 Å². The van der Waals surface area contributed by atoms with Crippen molar-refractivity contribution in [1.82, 2.24) is 25.6 Å². The van der Waals surface area contributed by atoms with Gasteiger partial charge in [0.05, 0.1) is 17.3 Å². The van der Waals surface area contributed by atoms with E-state index in [1.807, 2.05) is 0 Å². The lowest BCUT2D eigenvalue weighted by Crippen LogP contribution is -2.42. The number of hydrogen-bond acceptors (Lipinski definition) is 4. The molecule has 3 rings (SSSR count). The van der Waals surface area contributed by atoms with Crippen LogP contribution in [0, 0.1) is 0 Å². The number of H-pyrrole nitrogens is 2. The van der Waals surface area contributed by atoms with Gasteiger partial charge < -0.3 is 4.98 Å². The van der Waals surface area contributed by atoms with E-state index in [2.05, 4.69) is 20.9 Å². The van der Waals surface area contributed by atoms with E-state index in [1.165, 1.54) is 0 Å². The van der Waals surface area contributed by atoms with Crippen LogP contribution in [0.3, 0.4) is 0 Å². The van der Waals surface area contributed by atoms with Crippen molar-refractivity contribution in [3.05, 3.63) is 69.0 Å². The topological polar surface area (TPSA) is 129 Å². The van der Waals surface area contributed by atoms with E-state index < -0.39 is 22.9 Å². The number of benzene rings is 1. The van der Waals surface area contributed by atoms with Gasteiger partial charge in [-0.25, -0.2) is 4.68 Å². The summed E-state index contributed by atoms with van der Waals surface area (Å²) >= 11 is 0. The highest BCUT2D eigenvalue weighted by molar-refractivity contribution is 5.93. The lowest BCUT2D eigenvalue weighted by atomic mass is 10.2. The molecule has 2 amide bonds. The molecule has 128 valence electrons. The van der Waals surface area contributed by atoms with Gasteiger partial charge in [0.1, 0.15) is 5.69 Å². The highest BCUT2D eigenvalue weighted by Gasteiger charge is 2.10. The Bertz CT molecular complexity index is 1030. The molecule has 0 spiro atoms. The third-order valence-electron chi connectivity index (χ3n) is 3.60. The van der Waals surface area contributed by atoms with Gasteiger partial charge in [0, 0.05) is 12.6 Å². The number of aryl methyl sites for hydroxylation is 1. The lowest BCUT2D eigenvalue weighted by Gasteiger charge is -2.08. The maximum absolute atomic E-state index is 12.3. The average molecular weight is 341 g/mol. The number of nitrogens with one attached hydrogen (secondary N) is 4. The van der Waals surface area contributed by atoms with E-state index in [4.69, 9.17) is 0 Å². The molecule has 0 unspecified atom stereocenters. The molecule has 0 fully saturated rings. The molecule has 0 atom stereocenters. The Balaban J connectivity index is 1.64. The van der Waals surface area contributed by atoms with Crippen LogP contribution in [0.4, 0.5) is 0 Å². The molecule has 9 nitrogen and oxygen atoms in total. The smallest absolute Gasteiger partial charge is 0.286 e. The van der Waals surface area contributed by atoms with Crippen LogP contribution in [-0.4, -0.2) is 26.6 Å². The minimum Gasteiger partial charge on any atom is -0.357 e. The normalized spacial score (nSPS) is 10.6. The summed E-state index contributed by atoms with van der Waals surface area (Å²) in [5.74, 6) is -0.990.